The highest BCUT2D eigenvalue weighted by molar-refractivity contribution is 5.88. The van der Waals surface area contributed by atoms with Crippen LogP contribution >= 0.6 is 0 Å². The third-order valence-corrected chi connectivity index (χ3v) is 6.01. The third-order valence-electron chi connectivity index (χ3n) is 6.01. The largest absolute Gasteiger partial charge is 0.444 e. The van der Waals surface area contributed by atoms with E-state index >= 15 is 0 Å². The quantitative estimate of drug-likeness (QED) is 0.796. The Bertz CT molecular complexity index is 748. The number of carbonyl (C=O) groups is 2. The van der Waals surface area contributed by atoms with E-state index in [9.17, 15) is 14.0 Å². The van der Waals surface area contributed by atoms with Crippen LogP contribution in [0.5, 0.6) is 0 Å². The van der Waals surface area contributed by atoms with Crippen LogP contribution in [-0.4, -0.2) is 66.7 Å². The first kappa shape index (κ1) is 22.5. The molecule has 1 heterocycles. The summed E-state index contributed by atoms with van der Waals surface area (Å²) < 4.78 is 19.2. The van der Waals surface area contributed by atoms with Gasteiger partial charge in [-0.1, -0.05) is 25.0 Å². The van der Waals surface area contributed by atoms with Crippen LogP contribution in [-0.2, 0) is 14.9 Å². The molecule has 2 fully saturated rings. The number of amides is 2. The van der Waals surface area contributed by atoms with E-state index < -0.39 is 11.0 Å². The molecule has 2 amide bonds. The molecule has 1 aromatic carbocycles. The monoisotopic (exact) mass is 419 g/mol. The summed E-state index contributed by atoms with van der Waals surface area (Å²) in [5.41, 5.74) is -0.322. The Morgan fingerprint density at radius 1 is 1.13 bits per heavy atom. The minimum Gasteiger partial charge on any atom is -0.444 e. The van der Waals surface area contributed by atoms with Crippen LogP contribution < -0.4 is 5.32 Å². The van der Waals surface area contributed by atoms with Gasteiger partial charge in [-0.15, -0.1) is 0 Å². The number of halogens is 1. The van der Waals surface area contributed by atoms with Gasteiger partial charge in [0.1, 0.15) is 11.4 Å². The molecule has 2 aliphatic rings. The first-order valence-electron chi connectivity index (χ1n) is 10.9. The van der Waals surface area contributed by atoms with Gasteiger partial charge in [0.25, 0.3) is 0 Å². The Morgan fingerprint density at radius 2 is 1.80 bits per heavy atom. The molecule has 0 atom stereocenters. The van der Waals surface area contributed by atoms with Crippen molar-refractivity contribution in [3.05, 3.63) is 35.6 Å². The van der Waals surface area contributed by atoms with Crippen molar-refractivity contribution in [2.75, 3.05) is 39.3 Å². The minimum atomic E-state index is -0.614. The maximum atomic E-state index is 13.8. The topological polar surface area (TPSA) is 61.9 Å². The lowest BCUT2D eigenvalue weighted by Crippen LogP contribution is -2.52. The molecular formula is C23H34FN3O3. The van der Waals surface area contributed by atoms with Crippen LogP contribution in [0.25, 0.3) is 0 Å². The molecule has 1 aliphatic carbocycles. The number of hydrogen-bond acceptors (Lipinski definition) is 4. The maximum Gasteiger partial charge on any atom is 0.410 e. The van der Waals surface area contributed by atoms with Crippen molar-refractivity contribution in [1.29, 1.82) is 0 Å². The summed E-state index contributed by atoms with van der Waals surface area (Å²) >= 11 is 0. The molecule has 1 aromatic rings. The summed E-state index contributed by atoms with van der Waals surface area (Å²) in [7, 11) is 0. The molecule has 1 N–H and O–H groups in total. The number of nitrogens with zero attached hydrogens (tertiary/aromatic N) is 2. The van der Waals surface area contributed by atoms with E-state index in [0.29, 0.717) is 19.6 Å². The molecule has 30 heavy (non-hydrogen) atoms. The standard InChI is InChI=1S/C23H34FN3O3/c1-22(2,3)30-21(29)27-15-13-26(14-16-27)12-11-25-20(28)23(9-4-5-10-23)18-7-6-8-19(24)17-18/h6-8,17H,4-5,9-16H2,1-3H3,(H,25,28). The van der Waals surface area contributed by atoms with Crippen LogP contribution in [0.1, 0.15) is 52.0 Å². The Labute approximate surface area is 178 Å². The summed E-state index contributed by atoms with van der Waals surface area (Å²) in [5, 5.41) is 3.09. The van der Waals surface area contributed by atoms with E-state index in [0.717, 1.165) is 50.9 Å². The second kappa shape index (κ2) is 9.33. The fourth-order valence-corrected chi connectivity index (χ4v) is 4.39. The Morgan fingerprint density at radius 3 is 2.40 bits per heavy atom. The number of ether oxygens (including phenoxy) is 1. The summed E-state index contributed by atoms with van der Waals surface area (Å²) in [6.07, 6.45) is 3.22. The summed E-state index contributed by atoms with van der Waals surface area (Å²) in [4.78, 5) is 29.2. The van der Waals surface area contributed by atoms with Crippen molar-refractivity contribution >= 4 is 12.0 Å². The van der Waals surface area contributed by atoms with Crippen molar-refractivity contribution in [2.24, 2.45) is 0 Å². The molecule has 0 spiro atoms. The van der Waals surface area contributed by atoms with Crippen molar-refractivity contribution in [3.63, 3.8) is 0 Å². The number of carbonyl (C=O) groups excluding carboxylic acids is 2. The van der Waals surface area contributed by atoms with Crippen LogP contribution in [0.15, 0.2) is 24.3 Å². The molecule has 3 rings (SSSR count). The predicted molar refractivity (Wildman–Crippen MR) is 114 cm³/mol. The number of piperazine rings is 1. The van der Waals surface area contributed by atoms with E-state index in [1.165, 1.54) is 12.1 Å². The second-order valence-electron chi connectivity index (χ2n) is 9.36. The lowest BCUT2D eigenvalue weighted by atomic mass is 9.78. The molecule has 0 bridgehead atoms. The van der Waals surface area contributed by atoms with Crippen LogP contribution in [0.2, 0.25) is 0 Å². The smallest absolute Gasteiger partial charge is 0.410 e. The molecular weight excluding hydrogens is 385 g/mol. The van der Waals surface area contributed by atoms with E-state index in [1.807, 2.05) is 26.8 Å². The Balaban J connectivity index is 1.47. The average molecular weight is 420 g/mol. The Hall–Kier alpha value is -2.15. The van der Waals surface area contributed by atoms with Gasteiger partial charge in [0, 0.05) is 39.3 Å². The van der Waals surface area contributed by atoms with E-state index in [-0.39, 0.29) is 17.8 Å². The maximum absolute atomic E-state index is 13.8. The molecule has 166 valence electrons. The predicted octanol–water partition coefficient (Wildman–Crippen LogP) is 3.31. The SMILES string of the molecule is CC(C)(C)OC(=O)N1CCN(CCNC(=O)C2(c3cccc(F)c3)CCCC2)CC1. The Kier molecular flexibility index (Phi) is 7.01. The van der Waals surface area contributed by atoms with Gasteiger partial charge in [-0.3, -0.25) is 9.69 Å². The van der Waals surface area contributed by atoms with Gasteiger partial charge in [-0.25, -0.2) is 9.18 Å². The van der Waals surface area contributed by atoms with E-state index in [1.54, 1.807) is 11.0 Å². The van der Waals surface area contributed by atoms with Crippen molar-refractivity contribution < 1.29 is 18.7 Å². The number of rotatable bonds is 5. The van der Waals surface area contributed by atoms with Crippen molar-refractivity contribution in [1.82, 2.24) is 15.1 Å². The zero-order valence-electron chi connectivity index (χ0n) is 18.4. The van der Waals surface area contributed by atoms with Crippen molar-refractivity contribution in [3.8, 4) is 0 Å². The summed E-state index contributed by atoms with van der Waals surface area (Å²) in [6, 6.07) is 6.47. The molecule has 1 saturated heterocycles. The first-order valence-corrected chi connectivity index (χ1v) is 10.9. The van der Waals surface area contributed by atoms with Crippen molar-refractivity contribution in [2.45, 2.75) is 57.5 Å². The molecule has 0 aromatic heterocycles. The lowest BCUT2D eigenvalue weighted by molar-refractivity contribution is -0.126. The minimum absolute atomic E-state index is 0.00186. The molecule has 1 saturated carbocycles. The average Bonchev–Trinajstić information content (AvgIpc) is 3.18. The highest BCUT2D eigenvalue weighted by Crippen LogP contribution is 2.41. The van der Waals surface area contributed by atoms with Crippen LogP contribution in [0.4, 0.5) is 9.18 Å². The fraction of sp³-hybridized carbons (Fsp3) is 0.652. The first-order chi connectivity index (χ1) is 14.2. The fourth-order valence-electron chi connectivity index (χ4n) is 4.39. The molecule has 0 radical (unpaired) electrons. The van der Waals surface area contributed by atoms with Gasteiger partial charge >= 0.3 is 6.09 Å². The second-order valence-corrected chi connectivity index (χ2v) is 9.36. The van der Waals surface area contributed by atoms with E-state index in [2.05, 4.69) is 10.2 Å². The zero-order valence-corrected chi connectivity index (χ0v) is 18.4. The van der Waals surface area contributed by atoms with Gasteiger partial charge in [0.15, 0.2) is 0 Å². The normalized spacial score (nSPS) is 19.5. The molecule has 0 unspecified atom stereocenters. The van der Waals surface area contributed by atoms with Gasteiger partial charge in [0.05, 0.1) is 5.41 Å². The van der Waals surface area contributed by atoms with Gasteiger partial charge in [-0.2, -0.15) is 0 Å². The summed E-state index contributed by atoms with van der Waals surface area (Å²) in [5.74, 6) is -0.299. The number of nitrogens with one attached hydrogen (secondary N) is 1. The van der Waals surface area contributed by atoms with Crippen LogP contribution in [0.3, 0.4) is 0 Å². The molecule has 7 heteroatoms. The van der Waals surface area contributed by atoms with Gasteiger partial charge < -0.3 is 15.0 Å². The summed E-state index contributed by atoms with van der Waals surface area (Å²) in [6.45, 7) is 9.62. The highest BCUT2D eigenvalue weighted by atomic mass is 19.1. The molecule has 6 nitrogen and oxygen atoms in total. The van der Waals surface area contributed by atoms with Crippen LogP contribution in [0, 0.1) is 5.82 Å². The number of benzene rings is 1. The van der Waals surface area contributed by atoms with E-state index in [4.69, 9.17) is 4.74 Å². The molecule has 1 aliphatic heterocycles. The number of hydrogen-bond donors (Lipinski definition) is 1. The van der Waals surface area contributed by atoms with Gasteiger partial charge in [-0.05, 0) is 51.3 Å². The van der Waals surface area contributed by atoms with Gasteiger partial charge in [0.2, 0.25) is 5.91 Å². The lowest BCUT2D eigenvalue weighted by Gasteiger charge is -2.36. The zero-order chi connectivity index (χ0) is 21.8. The highest BCUT2D eigenvalue weighted by Gasteiger charge is 2.42. The third kappa shape index (κ3) is 5.50.